The quantitative estimate of drug-likeness (QED) is 0.680. The van der Waals surface area contributed by atoms with Crippen LogP contribution in [0.4, 0.5) is 4.79 Å². The number of fused-ring (bicyclic) bond motifs is 1. The molecule has 1 heterocycles. The predicted molar refractivity (Wildman–Crippen MR) is 105 cm³/mol. The highest BCUT2D eigenvalue weighted by Crippen LogP contribution is 2.38. The van der Waals surface area contributed by atoms with E-state index in [2.05, 4.69) is 15.6 Å². The highest BCUT2D eigenvalue weighted by Gasteiger charge is 2.26. The maximum absolute atomic E-state index is 12.2. The number of benzene rings is 1. The molecule has 0 saturated carbocycles. The number of aromatic nitrogens is 1. The number of carbonyl (C=O) groups is 1. The van der Waals surface area contributed by atoms with Gasteiger partial charge < -0.3 is 20.1 Å². The van der Waals surface area contributed by atoms with Crippen LogP contribution in [-0.2, 0) is 17.7 Å². The molecule has 0 spiro atoms. The molecule has 2 N–H and O–H groups in total. The van der Waals surface area contributed by atoms with Crippen molar-refractivity contribution < 1.29 is 14.3 Å². The smallest absolute Gasteiger partial charge is 0.315 e. The lowest BCUT2D eigenvalue weighted by Crippen LogP contribution is -2.36. The van der Waals surface area contributed by atoms with Gasteiger partial charge in [0, 0.05) is 25.9 Å². The van der Waals surface area contributed by atoms with Crippen molar-refractivity contribution in [2.24, 2.45) is 0 Å². The van der Waals surface area contributed by atoms with Crippen LogP contribution in [0.2, 0.25) is 10.0 Å². The Labute approximate surface area is 168 Å². The van der Waals surface area contributed by atoms with E-state index >= 15 is 0 Å². The number of methoxy groups -OCH3 is 1. The van der Waals surface area contributed by atoms with Crippen molar-refractivity contribution in [1.29, 1.82) is 0 Å². The van der Waals surface area contributed by atoms with Crippen LogP contribution in [0.5, 0.6) is 5.88 Å². The summed E-state index contributed by atoms with van der Waals surface area (Å²) in [6.45, 7) is 1.33. The summed E-state index contributed by atoms with van der Waals surface area (Å²) >= 11 is 12.3. The molecule has 0 fully saturated rings. The van der Waals surface area contributed by atoms with E-state index in [1.165, 1.54) is 0 Å². The summed E-state index contributed by atoms with van der Waals surface area (Å²) in [5, 5.41) is 6.96. The molecule has 6 nitrogen and oxygen atoms in total. The molecule has 2 aromatic rings. The van der Waals surface area contributed by atoms with Crippen molar-refractivity contribution in [2.45, 2.75) is 25.4 Å². The number of nitrogens with zero attached hydrogens (tertiary/aromatic N) is 1. The normalized spacial score (nSPS) is 15.3. The molecule has 0 saturated heterocycles. The first-order chi connectivity index (χ1) is 13.1. The fourth-order valence-electron chi connectivity index (χ4n) is 3.00. The molecule has 1 aliphatic rings. The monoisotopic (exact) mass is 409 g/mol. The minimum absolute atomic E-state index is 0.0653. The Hall–Kier alpha value is -2.02. The lowest BCUT2D eigenvalue weighted by Gasteiger charge is -2.15. The number of urea groups is 1. The summed E-state index contributed by atoms with van der Waals surface area (Å²) < 4.78 is 10.3. The van der Waals surface area contributed by atoms with Gasteiger partial charge in [0.1, 0.15) is 6.61 Å². The standard InChI is InChI=1S/C19H21Cl2N3O3/c1-26-8-9-27-17-7-2-12(10-22-17)11-23-19(25)24-16-6-4-14-13(16)3-5-15(20)18(14)21/h2-3,5,7,10,16H,4,6,8-9,11H2,1H3,(H2,23,24,25). The van der Waals surface area contributed by atoms with Gasteiger partial charge in [0.2, 0.25) is 5.88 Å². The number of rotatable bonds is 7. The van der Waals surface area contributed by atoms with Crippen LogP contribution in [0.3, 0.4) is 0 Å². The van der Waals surface area contributed by atoms with Gasteiger partial charge in [-0.25, -0.2) is 9.78 Å². The molecular weight excluding hydrogens is 389 g/mol. The van der Waals surface area contributed by atoms with E-state index in [0.29, 0.717) is 35.7 Å². The van der Waals surface area contributed by atoms with Gasteiger partial charge in [0.25, 0.3) is 0 Å². The molecule has 27 heavy (non-hydrogen) atoms. The molecule has 144 valence electrons. The molecule has 1 aromatic heterocycles. The average molecular weight is 410 g/mol. The number of hydrogen-bond donors (Lipinski definition) is 2. The second-order valence-corrected chi connectivity index (χ2v) is 6.98. The molecule has 1 aromatic carbocycles. The zero-order valence-corrected chi connectivity index (χ0v) is 16.4. The summed E-state index contributed by atoms with van der Waals surface area (Å²) in [5.74, 6) is 0.526. The Morgan fingerprint density at radius 3 is 2.85 bits per heavy atom. The van der Waals surface area contributed by atoms with Crippen molar-refractivity contribution in [3.63, 3.8) is 0 Å². The number of hydrogen-bond acceptors (Lipinski definition) is 4. The Kier molecular flexibility index (Phi) is 6.77. The molecule has 0 radical (unpaired) electrons. The van der Waals surface area contributed by atoms with E-state index in [1.807, 2.05) is 12.1 Å². The lowest BCUT2D eigenvalue weighted by molar-refractivity contribution is 0.143. The topological polar surface area (TPSA) is 72.5 Å². The van der Waals surface area contributed by atoms with Gasteiger partial charge in [-0.15, -0.1) is 0 Å². The Morgan fingerprint density at radius 2 is 2.11 bits per heavy atom. The van der Waals surface area contributed by atoms with E-state index in [9.17, 15) is 4.79 Å². The van der Waals surface area contributed by atoms with Crippen LogP contribution in [0.15, 0.2) is 30.5 Å². The predicted octanol–water partition coefficient (Wildman–Crippen LogP) is 3.90. The van der Waals surface area contributed by atoms with Crippen molar-refractivity contribution in [1.82, 2.24) is 15.6 Å². The number of amides is 2. The van der Waals surface area contributed by atoms with E-state index in [-0.39, 0.29) is 12.1 Å². The lowest BCUT2D eigenvalue weighted by atomic mass is 10.1. The van der Waals surface area contributed by atoms with E-state index in [1.54, 1.807) is 25.4 Å². The van der Waals surface area contributed by atoms with Crippen LogP contribution in [0.1, 0.15) is 29.2 Å². The van der Waals surface area contributed by atoms with Gasteiger partial charge in [0.05, 0.1) is 22.7 Å². The molecule has 1 unspecified atom stereocenters. The molecule has 1 aliphatic carbocycles. The van der Waals surface area contributed by atoms with Crippen molar-refractivity contribution in [2.75, 3.05) is 20.3 Å². The van der Waals surface area contributed by atoms with Crippen LogP contribution in [-0.4, -0.2) is 31.3 Å². The molecule has 0 bridgehead atoms. The van der Waals surface area contributed by atoms with E-state index in [0.717, 1.165) is 29.5 Å². The van der Waals surface area contributed by atoms with Crippen molar-refractivity contribution in [3.05, 3.63) is 57.2 Å². The second kappa shape index (κ2) is 9.26. The molecule has 8 heteroatoms. The largest absolute Gasteiger partial charge is 0.475 e. The zero-order chi connectivity index (χ0) is 19.2. The molecule has 3 rings (SSSR count). The Balaban J connectivity index is 1.49. The number of nitrogens with one attached hydrogen (secondary N) is 2. The van der Waals surface area contributed by atoms with Gasteiger partial charge in [-0.05, 0) is 35.6 Å². The highest BCUT2D eigenvalue weighted by molar-refractivity contribution is 6.42. The maximum Gasteiger partial charge on any atom is 0.315 e. The SMILES string of the molecule is COCCOc1ccc(CNC(=O)NC2CCc3c2ccc(Cl)c3Cl)cn1. The average Bonchev–Trinajstić information content (AvgIpc) is 3.07. The van der Waals surface area contributed by atoms with Crippen LogP contribution < -0.4 is 15.4 Å². The van der Waals surface area contributed by atoms with Gasteiger partial charge in [-0.2, -0.15) is 0 Å². The number of pyridine rings is 1. The summed E-state index contributed by atoms with van der Waals surface area (Å²) in [5.41, 5.74) is 2.92. The summed E-state index contributed by atoms with van der Waals surface area (Å²) in [6, 6.07) is 7.02. The number of ether oxygens (including phenoxy) is 2. The van der Waals surface area contributed by atoms with Gasteiger partial charge >= 0.3 is 6.03 Å². The van der Waals surface area contributed by atoms with Gasteiger partial charge in [-0.3, -0.25) is 0 Å². The van der Waals surface area contributed by atoms with Crippen LogP contribution >= 0.6 is 23.2 Å². The van der Waals surface area contributed by atoms with E-state index in [4.69, 9.17) is 32.7 Å². The van der Waals surface area contributed by atoms with Crippen LogP contribution in [0.25, 0.3) is 0 Å². The van der Waals surface area contributed by atoms with Gasteiger partial charge in [0.15, 0.2) is 0 Å². The third kappa shape index (κ3) is 5.03. The van der Waals surface area contributed by atoms with Crippen molar-refractivity contribution >= 4 is 29.2 Å². The minimum atomic E-state index is -0.237. The number of carbonyl (C=O) groups excluding carboxylic acids is 1. The molecule has 2 amide bonds. The summed E-state index contributed by atoms with van der Waals surface area (Å²) in [6.07, 6.45) is 3.28. The fraction of sp³-hybridized carbons (Fsp3) is 0.368. The minimum Gasteiger partial charge on any atom is -0.475 e. The highest BCUT2D eigenvalue weighted by atomic mass is 35.5. The van der Waals surface area contributed by atoms with Crippen molar-refractivity contribution in [3.8, 4) is 5.88 Å². The first-order valence-electron chi connectivity index (χ1n) is 8.66. The first-order valence-corrected chi connectivity index (χ1v) is 9.42. The second-order valence-electron chi connectivity index (χ2n) is 6.19. The Bertz CT molecular complexity index is 800. The third-order valence-electron chi connectivity index (χ3n) is 4.38. The van der Waals surface area contributed by atoms with Gasteiger partial charge in [-0.1, -0.05) is 35.3 Å². The zero-order valence-electron chi connectivity index (χ0n) is 14.9. The summed E-state index contributed by atoms with van der Waals surface area (Å²) in [4.78, 5) is 16.4. The maximum atomic E-state index is 12.2. The molecule has 1 atom stereocenters. The number of halogens is 2. The fourth-order valence-corrected chi connectivity index (χ4v) is 3.45. The van der Waals surface area contributed by atoms with E-state index < -0.39 is 0 Å². The molecular formula is C19H21Cl2N3O3. The summed E-state index contributed by atoms with van der Waals surface area (Å²) in [7, 11) is 1.62. The Morgan fingerprint density at radius 1 is 1.26 bits per heavy atom. The molecule has 0 aliphatic heterocycles. The van der Waals surface area contributed by atoms with Crippen LogP contribution in [0, 0.1) is 0 Å². The third-order valence-corrected chi connectivity index (χ3v) is 5.23. The first kappa shape index (κ1) is 19.7.